The van der Waals surface area contributed by atoms with Crippen LogP contribution in [0.1, 0.15) is 18.5 Å². The second-order valence-corrected chi connectivity index (χ2v) is 8.05. The quantitative estimate of drug-likeness (QED) is 0.309. The van der Waals surface area contributed by atoms with Gasteiger partial charge in [0, 0.05) is 17.8 Å². The Hall–Kier alpha value is -4.17. The van der Waals surface area contributed by atoms with Crippen LogP contribution in [0.5, 0.6) is 0 Å². The van der Waals surface area contributed by atoms with Crippen LogP contribution in [-0.2, 0) is 4.79 Å². The molecule has 0 fully saturated rings. The number of nitrogens with zero attached hydrogens (tertiary/aromatic N) is 3. The number of aromatic nitrogens is 2. The van der Waals surface area contributed by atoms with E-state index in [1.165, 1.54) is 12.1 Å². The van der Waals surface area contributed by atoms with Crippen molar-refractivity contribution in [2.45, 2.75) is 13.0 Å². The second kappa shape index (κ2) is 8.07. The lowest BCUT2D eigenvalue weighted by Crippen LogP contribution is -2.31. The van der Waals surface area contributed by atoms with Crippen LogP contribution in [0, 0.1) is 10.1 Å². The highest BCUT2D eigenvalue weighted by atomic mass is 35.5. The van der Waals surface area contributed by atoms with E-state index in [-0.39, 0.29) is 11.6 Å². The molecule has 9 heteroatoms. The van der Waals surface area contributed by atoms with Crippen molar-refractivity contribution in [3.05, 3.63) is 105 Å². The number of hydrogen-bond donors (Lipinski definition) is 2. The number of hydrogen-bond acceptors (Lipinski definition) is 5. The maximum Gasteiger partial charge on any atom is 0.269 e. The third-order valence-electron chi connectivity index (χ3n) is 5.59. The normalized spacial score (nSPS) is 15.2. The van der Waals surface area contributed by atoms with E-state index < -0.39 is 11.0 Å². The molecule has 3 aromatic carbocycles. The van der Waals surface area contributed by atoms with Gasteiger partial charge < -0.3 is 10.6 Å². The lowest BCUT2D eigenvalue weighted by atomic mass is 9.94. The Balaban J connectivity index is 1.70. The van der Waals surface area contributed by atoms with Gasteiger partial charge in [-0.15, -0.1) is 0 Å². The number of allylic oxidation sites excluding steroid dienone is 1. The first-order valence-corrected chi connectivity index (χ1v) is 10.6. The molecular formula is C24H18ClN5O3. The van der Waals surface area contributed by atoms with Crippen molar-refractivity contribution in [1.29, 1.82) is 0 Å². The molecule has 1 aliphatic rings. The Kier molecular flexibility index (Phi) is 5.07. The number of carbonyl (C=O) groups excluding carboxylic acids is 1. The van der Waals surface area contributed by atoms with E-state index >= 15 is 0 Å². The maximum atomic E-state index is 13.6. The van der Waals surface area contributed by atoms with E-state index in [4.69, 9.17) is 11.6 Å². The zero-order chi connectivity index (χ0) is 23.1. The van der Waals surface area contributed by atoms with Crippen molar-refractivity contribution < 1.29 is 9.72 Å². The molecule has 0 radical (unpaired) electrons. The molecular weight excluding hydrogens is 442 g/mol. The smallest absolute Gasteiger partial charge is 0.269 e. The fraction of sp³-hybridized carbons (Fsp3) is 0.0833. The molecule has 8 nitrogen and oxygen atoms in total. The largest absolute Gasteiger partial charge is 0.329 e. The van der Waals surface area contributed by atoms with Crippen molar-refractivity contribution >= 4 is 45.9 Å². The van der Waals surface area contributed by atoms with Gasteiger partial charge in [0.25, 0.3) is 11.6 Å². The summed E-state index contributed by atoms with van der Waals surface area (Å²) < 4.78 is 1.89. The standard InChI is InChI=1S/C24H18ClN5O3/c1-14-21(23(31)27-18-10-3-2-9-17(18)25)22(15-7-6-8-16(13-15)30(32)33)29-20-12-5-4-11-19(20)28-24(29)26-14/h2-13,22H,1H3,(H,26,28)(H,27,31). The minimum Gasteiger partial charge on any atom is -0.329 e. The number of rotatable bonds is 4. The predicted molar refractivity (Wildman–Crippen MR) is 127 cm³/mol. The minimum absolute atomic E-state index is 0.0551. The molecule has 0 aliphatic carbocycles. The van der Waals surface area contributed by atoms with Crippen LogP contribution >= 0.6 is 11.6 Å². The molecule has 0 saturated heterocycles. The fourth-order valence-electron chi connectivity index (χ4n) is 4.13. The molecule has 2 N–H and O–H groups in total. The molecule has 5 rings (SSSR count). The number of nitro benzene ring substituents is 1. The summed E-state index contributed by atoms with van der Waals surface area (Å²) in [4.78, 5) is 29.2. The molecule has 1 aromatic heterocycles. The van der Waals surface area contributed by atoms with E-state index in [0.717, 1.165) is 11.0 Å². The topological polar surface area (TPSA) is 102 Å². The number of anilines is 2. The Morgan fingerprint density at radius 3 is 2.67 bits per heavy atom. The van der Waals surface area contributed by atoms with Gasteiger partial charge in [0.1, 0.15) is 0 Å². The van der Waals surface area contributed by atoms with Gasteiger partial charge in [-0.25, -0.2) is 4.98 Å². The van der Waals surface area contributed by atoms with Crippen LogP contribution in [0.25, 0.3) is 11.0 Å². The first kappa shape index (κ1) is 20.7. The van der Waals surface area contributed by atoms with Crippen LogP contribution in [0.2, 0.25) is 5.02 Å². The van der Waals surface area contributed by atoms with Gasteiger partial charge >= 0.3 is 0 Å². The summed E-state index contributed by atoms with van der Waals surface area (Å²) in [6.45, 7) is 1.79. The zero-order valence-corrected chi connectivity index (χ0v) is 18.2. The Bertz CT molecular complexity index is 1460. The molecule has 0 spiro atoms. The van der Waals surface area contributed by atoms with E-state index in [9.17, 15) is 14.9 Å². The number of non-ortho nitro benzene ring substituents is 1. The van der Waals surface area contributed by atoms with Gasteiger partial charge in [0.15, 0.2) is 0 Å². The van der Waals surface area contributed by atoms with E-state index in [1.54, 1.807) is 43.3 Å². The fourth-order valence-corrected chi connectivity index (χ4v) is 4.32. The Morgan fingerprint density at radius 2 is 1.88 bits per heavy atom. The molecule has 1 unspecified atom stereocenters. The number of fused-ring (bicyclic) bond motifs is 3. The second-order valence-electron chi connectivity index (χ2n) is 7.65. The number of halogens is 1. The number of amides is 1. The number of carbonyl (C=O) groups is 1. The van der Waals surface area contributed by atoms with Gasteiger partial charge in [-0.2, -0.15) is 0 Å². The van der Waals surface area contributed by atoms with Crippen molar-refractivity contribution in [2.24, 2.45) is 0 Å². The number of nitro groups is 1. The van der Waals surface area contributed by atoms with Gasteiger partial charge in [0.2, 0.25) is 5.95 Å². The highest BCUT2D eigenvalue weighted by molar-refractivity contribution is 6.33. The van der Waals surface area contributed by atoms with Gasteiger partial charge in [-0.3, -0.25) is 19.5 Å². The maximum absolute atomic E-state index is 13.6. The molecule has 1 atom stereocenters. The number of imidazole rings is 1. The summed E-state index contributed by atoms with van der Waals surface area (Å²) in [5.74, 6) is 0.188. The average Bonchev–Trinajstić information content (AvgIpc) is 3.17. The van der Waals surface area contributed by atoms with Crippen LogP contribution < -0.4 is 10.6 Å². The molecule has 1 aliphatic heterocycles. The molecule has 164 valence electrons. The zero-order valence-electron chi connectivity index (χ0n) is 17.4. The van der Waals surface area contributed by atoms with Gasteiger partial charge in [-0.05, 0) is 36.8 Å². The van der Waals surface area contributed by atoms with Gasteiger partial charge in [-0.1, -0.05) is 48.0 Å². The van der Waals surface area contributed by atoms with Crippen LogP contribution in [0.15, 0.2) is 84.1 Å². The van der Waals surface area contributed by atoms with Crippen molar-refractivity contribution in [2.75, 3.05) is 10.6 Å². The predicted octanol–water partition coefficient (Wildman–Crippen LogP) is 5.53. The summed E-state index contributed by atoms with van der Waals surface area (Å²) >= 11 is 6.26. The van der Waals surface area contributed by atoms with E-state index in [2.05, 4.69) is 15.6 Å². The summed E-state index contributed by atoms with van der Waals surface area (Å²) in [5, 5.41) is 18.0. The average molecular weight is 460 g/mol. The van der Waals surface area contributed by atoms with Crippen LogP contribution in [-0.4, -0.2) is 20.4 Å². The number of benzene rings is 3. The SMILES string of the molecule is CC1=C(C(=O)Nc2ccccc2Cl)C(c2cccc([N+](=O)[O-])c2)n2c(nc3ccccc32)N1. The minimum atomic E-state index is -0.643. The molecule has 2 heterocycles. The molecule has 4 aromatic rings. The lowest BCUT2D eigenvalue weighted by Gasteiger charge is -2.30. The number of nitrogens with one attached hydrogen (secondary N) is 2. The van der Waals surface area contributed by atoms with Crippen molar-refractivity contribution in [3.8, 4) is 0 Å². The first-order valence-electron chi connectivity index (χ1n) is 10.2. The first-order chi connectivity index (χ1) is 15.9. The van der Waals surface area contributed by atoms with Crippen molar-refractivity contribution in [1.82, 2.24) is 9.55 Å². The third-order valence-corrected chi connectivity index (χ3v) is 5.92. The molecule has 1 amide bonds. The number of para-hydroxylation sites is 3. The molecule has 0 saturated carbocycles. The third kappa shape index (κ3) is 3.60. The summed E-state index contributed by atoms with van der Waals surface area (Å²) in [6.07, 6.45) is 0. The van der Waals surface area contributed by atoms with Crippen LogP contribution in [0.3, 0.4) is 0 Å². The molecule has 0 bridgehead atoms. The summed E-state index contributed by atoms with van der Waals surface area (Å²) in [5.41, 5.74) is 3.57. The monoisotopic (exact) mass is 459 g/mol. The molecule has 33 heavy (non-hydrogen) atoms. The highest BCUT2D eigenvalue weighted by Gasteiger charge is 2.34. The lowest BCUT2D eigenvalue weighted by molar-refractivity contribution is -0.384. The highest BCUT2D eigenvalue weighted by Crippen LogP contribution is 2.40. The summed E-state index contributed by atoms with van der Waals surface area (Å²) in [7, 11) is 0. The Labute approximate surface area is 193 Å². The summed E-state index contributed by atoms with van der Waals surface area (Å²) in [6, 6.07) is 20.2. The van der Waals surface area contributed by atoms with Crippen molar-refractivity contribution in [3.63, 3.8) is 0 Å². The van der Waals surface area contributed by atoms with E-state index in [1.807, 2.05) is 28.8 Å². The van der Waals surface area contributed by atoms with Gasteiger partial charge in [0.05, 0.1) is 38.3 Å². The Morgan fingerprint density at radius 1 is 1.12 bits per heavy atom. The van der Waals surface area contributed by atoms with E-state index in [0.29, 0.717) is 33.5 Å². The van der Waals surface area contributed by atoms with Crippen LogP contribution in [0.4, 0.5) is 17.3 Å².